The minimum atomic E-state index is -0.445. The molecule has 1 atom stereocenters. The lowest BCUT2D eigenvalue weighted by molar-refractivity contribution is -0.115. The van der Waals surface area contributed by atoms with Gasteiger partial charge >= 0.3 is 0 Å². The molecule has 43 heavy (non-hydrogen) atoms. The van der Waals surface area contributed by atoms with Crippen molar-refractivity contribution in [1.29, 1.82) is 0 Å². The second-order valence-corrected chi connectivity index (χ2v) is 12.1. The van der Waals surface area contributed by atoms with Crippen molar-refractivity contribution in [2.45, 2.75) is 50.7 Å². The predicted molar refractivity (Wildman–Crippen MR) is 177 cm³/mol. The molecule has 0 radical (unpaired) electrons. The normalized spacial score (nSPS) is 12.0. The number of aryl methyl sites for hydroxylation is 1. The number of amides is 3. The summed E-state index contributed by atoms with van der Waals surface area (Å²) in [6, 6.07) is 29.8. The highest BCUT2D eigenvalue weighted by molar-refractivity contribution is 8.00. The number of benzene rings is 4. The first kappa shape index (κ1) is 31.3. The van der Waals surface area contributed by atoms with E-state index in [-0.39, 0.29) is 22.8 Å². The van der Waals surface area contributed by atoms with E-state index in [4.69, 9.17) is 0 Å². The summed E-state index contributed by atoms with van der Waals surface area (Å²) in [6.45, 7) is 10.1. The molecular formula is C36H37N3O3S. The molecule has 4 aromatic carbocycles. The first-order valence-electron chi connectivity index (χ1n) is 14.2. The Bertz CT molecular complexity index is 1610. The van der Waals surface area contributed by atoms with Crippen LogP contribution >= 0.6 is 11.8 Å². The molecule has 0 bridgehead atoms. The van der Waals surface area contributed by atoms with Crippen LogP contribution in [0, 0.1) is 13.8 Å². The largest absolute Gasteiger partial charge is 0.325 e. The zero-order valence-corrected chi connectivity index (χ0v) is 25.9. The lowest BCUT2D eigenvalue weighted by Crippen LogP contribution is -2.30. The van der Waals surface area contributed by atoms with Crippen molar-refractivity contribution in [3.05, 3.63) is 131 Å². The molecular weight excluding hydrogens is 554 g/mol. The van der Waals surface area contributed by atoms with Crippen LogP contribution in [0.25, 0.3) is 6.08 Å². The molecule has 0 spiro atoms. The molecule has 4 rings (SSSR count). The van der Waals surface area contributed by atoms with Crippen molar-refractivity contribution < 1.29 is 14.4 Å². The minimum absolute atomic E-state index is 0.0820. The smallest absolute Gasteiger partial charge is 0.272 e. The number of carbonyl (C=O) groups excluding carboxylic acids is 3. The van der Waals surface area contributed by atoms with Gasteiger partial charge in [-0.1, -0.05) is 68.4 Å². The van der Waals surface area contributed by atoms with Gasteiger partial charge in [0.15, 0.2) is 0 Å². The summed E-state index contributed by atoms with van der Waals surface area (Å²) in [6.07, 6.45) is 1.67. The standard InChI is InChI=1S/C36H37N3O3S/c1-23(2)28-16-14-27(15-17-28)22-33(39-35(41)29-11-7-6-8-12-29)36(42)37-30-18-20-31(21-19-30)43-26(5)34(40)38-32-13-9-10-24(3)25(32)4/h6-23,26H,1-5H3,(H,37,42)(H,38,40)(H,39,41)/b33-22-. The second-order valence-electron chi connectivity index (χ2n) is 10.7. The maximum atomic E-state index is 13.4. The van der Waals surface area contributed by atoms with Crippen LogP contribution in [0.1, 0.15) is 59.3 Å². The van der Waals surface area contributed by atoms with E-state index in [9.17, 15) is 14.4 Å². The van der Waals surface area contributed by atoms with Crippen molar-refractivity contribution in [2.24, 2.45) is 0 Å². The van der Waals surface area contributed by atoms with Crippen LogP contribution in [-0.2, 0) is 9.59 Å². The molecule has 0 aliphatic rings. The molecule has 0 aliphatic carbocycles. The van der Waals surface area contributed by atoms with E-state index in [0.29, 0.717) is 17.2 Å². The Labute approximate surface area is 258 Å². The van der Waals surface area contributed by atoms with E-state index in [0.717, 1.165) is 27.3 Å². The molecule has 0 heterocycles. The summed E-state index contributed by atoms with van der Waals surface area (Å²) in [5.41, 5.74) is 6.11. The molecule has 0 fully saturated rings. The molecule has 7 heteroatoms. The summed E-state index contributed by atoms with van der Waals surface area (Å²) in [5.74, 6) is -0.518. The van der Waals surface area contributed by atoms with E-state index in [1.165, 1.54) is 17.3 Å². The van der Waals surface area contributed by atoms with Crippen LogP contribution in [-0.4, -0.2) is 23.0 Å². The van der Waals surface area contributed by atoms with Gasteiger partial charge in [-0.05, 0) is 97.5 Å². The van der Waals surface area contributed by atoms with Crippen molar-refractivity contribution >= 4 is 46.9 Å². The van der Waals surface area contributed by atoms with Gasteiger partial charge in [0.05, 0.1) is 5.25 Å². The number of hydrogen-bond donors (Lipinski definition) is 3. The van der Waals surface area contributed by atoms with E-state index >= 15 is 0 Å². The number of hydrogen-bond acceptors (Lipinski definition) is 4. The molecule has 0 aliphatic heterocycles. The molecule has 0 saturated carbocycles. The lowest BCUT2D eigenvalue weighted by atomic mass is 10.0. The average Bonchev–Trinajstić information content (AvgIpc) is 3.00. The Morgan fingerprint density at radius 1 is 0.744 bits per heavy atom. The minimum Gasteiger partial charge on any atom is -0.325 e. The van der Waals surface area contributed by atoms with E-state index in [1.807, 2.05) is 81.4 Å². The molecule has 0 aromatic heterocycles. The molecule has 220 valence electrons. The van der Waals surface area contributed by atoms with Crippen molar-refractivity contribution in [1.82, 2.24) is 5.32 Å². The summed E-state index contributed by atoms with van der Waals surface area (Å²) in [4.78, 5) is 40.0. The van der Waals surface area contributed by atoms with Crippen LogP contribution in [0.4, 0.5) is 11.4 Å². The summed E-state index contributed by atoms with van der Waals surface area (Å²) in [5, 5.41) is 8.35. The summed E-state index contributed by atoms with van der Waals surface area (Å²) in [7, 11) is 0. The van der Waals surface area contributed by atoms with Crippen LogP contribution < -0.4 is 16.0 Å². The Kier molecular flexibility index (Phi) is 10.6. The second kappa shape index (κ2) is 14.5. The molecule has 1 unspecified atom stereocenters. The maximum Gasteiger partial charge on any atom is 0.272 e. The monoisotopic (exact) mass is 591 g/mol. The van der Waals surface area contributed by atoms with Crippen LogP contribution in [0.15, 0.2) is 108 Å². The van der Waals surface area contributed by atoms with E-state index in [1.54, 1.807) is 42.5 Å². The van der Waals surface area contributed by atoms with Gasteiger partial charge in [0.2, 0.25) is 5.91 Å². The average molecular weight is 592 g/mol. The van der Waals surface area contributed by atoms with Crippen LogP contribution in [0.2, 0.25) is 0 Å². The zero-order chi connectivity index (χ0) is 30.9. The SMILES string of the molecule is Cc1cccc(NC(=O)C(C)Sc2ccc(NC(=O)/C(=C/c3ccc(C(C)C)cc3)NC(=O)c3ccccc3)cc2)c1C. The van der Waals surface area contributed by atoms with E-state index in [2.05, 4.69) is 29.8 Å². The van der Waals surface area contributed by atoms with Gasteiger partial charge in [-0.25, -0.2) is 0 Å². The van der Waals surface area contributed by atoms with Crippen LogP contribution in [0.5, 0.6) is 0 Å². The summed E-state index contributed by atoms with van der Waals surface area (Å²) >= 11 is 1.43. The Hall–Kier alpha value is -4.62. The lowest BCUT2D eigenvalue weighted by Gasteiger charge is -2.15. The third kappa shape index (κ3) is 8.69. The predicted octanol–water partition coefficient (Wildman–Crippen LogP) is 7.96. The first-order valence-corrected chi connectivity index (χ1v) is 15.1. The molecule has 3 amide bonds. The zero-order valence-electron chi connectivity index (χ0n) is 25.1. The van der Waals surface area contributed by atoms with Gasteiger partial charge in [0.25, 0.3) is 11.8 Å². The number of rotatable bonds is 10. The van der Waals surface area contributed by atoms with Gasteiger partial charge in [0, 0.05) is 21.8 Å². The Morgan fingerprint density at radius 2 is 1.42 bits per heavy atom. The highest BCUT2D eigenvalue weighted by Gasteiger charge is 2.17. The van der Waals surface area contributed by atoms with Crippen molar-refractivity contribution in [2.75, 3.05) is 10.6 Å². The number of anilines is 2. The highest BCUT2D eigenvalue weighted by atomic mass is 32.2. The van der Waals surface area contributed by atoms with Gasteiger partial charge in [-0.2, -0.15) is 0 Å². The molecule has 4 aromatic rings. The quantitative estimate of drug-likeness (QED) is 0.129. The van der Waals surface area contributed by atoms with Crippen LogP contribution in [0.3, 0.4) is 0 Å². The number of nitrogens with one attached hydrogen (secondary N) is 3. The van der Waals surface area contributed by atoms with Gasteiger partial charge < -0.3 is 16.0 Å². The fourth-order valence-electron chi connectivity index (χ4n) is 4.28. The molecule has 6 nitrogen and oxygen atoms in total. The maximum absolute atomic E-state index is 13.4. The molecule has 3 N–H and O–H groups in total. The first-order chi connectivity index (χ1) is 20.6. The number of carbonyl (C=O) groups is 3. The Morgan fingerprint density at radius 3 is 2.07 bits per heavy atom. The van der Waals surface area contributed by atoms with Crippen molar-refractivity contribution in [3.8, 4) is 0 Å². The summed E-state index contributed by atoms with van der Waals surface area (Å²) < 4.78 is 0. The highest BCUT2D eigenvalue weighted by Crippen LogP contribution is 2.27. The third-order valence-corrected chi connectivity index (χ3v) is 8.21. The molecule has 0 saturated heterocycles. The van der Waals surface area contributed by atoms with Gasteiger partial charge in [-0.15, -0.1) is 11.8 Å². The third-order valence-electron chi connectivity index (χ3n) is 7.10. The van der Waals surface area contributed by atoms with Gasteiger partial charge in [-0.3, -0.25) is 14.4 Å². The number of thioether (sulfide) groups is 1. The Balaban J connectivity index is 1.45. The topological polar surface area (TPSA) is 87.3 Å². The fraction of sp³-hybridized carbons (Fsp3) is 0.194. The van der Waals surface area contributed by atoms with Gasteiger partial charge in [0.1, 0.15) is 5.70 Å². The van der Waals surface area contributed by atoms with E-state index < -0.39 is 5.91 Å². The van der Waals surface area contributed by atoms with Crippen molar-refractivity contribution in [3.63, 3.8) is 0 Å². The fourth-order valence-corrected chi connectivity index (χ4v) is 5.15.